The van der Waals surface area contributed by atoms with E-state index in [1.54, 1.807) is 14.2 Å². The summed E-state index contributed by atoms with van der Waals surface area (Å²) in [5, 5.41) is 19.0. The lowest BCUT2D eigenvalue weighted by Gasteiger charge is -2.13. The van der Waals surface area contributed by atoms with Crippen LogP contribution in [0.15, 0.2) is 30.4 Å². The Morgan fingerprint density at radius 1 is 1.13 bits per heavy atom. The van der Waals surface area contributed by atoms with Crippen LogP contribution in [-0.2, 0) is 9.59 Å². The Balaban J connectivity index is 0.000000284. The Bertz CT molecular complexity index is 548. The second-order valence-corrected chi connectivity index (χ2v) is 4.81. The van der Waals surface area contributed by atoms with Gasteiger partial charge in [-0.2, -0.15) is 0 Å². The van der Waals surface area contributed by atoms with Gasteiger partial charge in [0.2, 0.25) is 0 Å². The van der Waals surface area contributed by atoms with Gasteiger partial charge in [0.1, 0.15) is 0 Å². The molecule has 7 heteroatoms. The second-order valence-electron chi connectivity index (χ2n) is 4.81. The fourth-order valence-corrected chi connectivity index (χ4v) is 2.19. The molecule has 0 bridgehead atoms. The minimum atomic E-state index is -1.26. The number of hydrogen-bond donors (Lipinski definition) is 3. The highest BCUT2D eigenvalue weighted by Crippen LogP contribution is 2.32. The predicted molar refractivity (Wildman–Crippen MR) is 84.2 cm³/mol. The Morgan fingerprint density at radius 2 is 1.74 bits per heavy atom. The van der Waals surface area contributed by atoms with E-state index < -0.39 is 11.9 Å². The molecule has 1 unspecified atom stereocenters. The summed E-state index contributed by atoms with van der Waals surface area (Å²) >= 11 is 0. The minimum Gasteiger partial charge on any atom is -0.493 e. The van der Waals surface area contributed by atoms with E-state index in [0.717, 1.165) is 24.6 Å². The predicted octanol–water partition coefficient (Wildman–Crippen LogP) is 1.49. The molecule has 3 N–H and O–H groups in total. The fourth-order valence-electron chi connectivity index (χ4n) is 2.19. The van der Waals surface area contributed by atoms with E-state index in [-0.39, 0.29) is 0 Å². The zero-order chi connectivity index (χ0) is 17.2. The maximum absolute atomic E-state index is 9.55. The van der Waals surface area contributed by atoms with Crippen molar-refractivity contribution >= 4 is 11.9 Å². The normalized spacial score (nSPS) is 16.5. The molecule has 0 amide bonds. The van der Waals surface area contributed by atoms with Gasteiger partial charge in [0.15, 0.2) is 11.5 Å². The Morgan fingerprint density at radius 3 is 2.17 bits per heavy atom. The van der Waals surface area contributed by atoms with Crippen LogP contribution in [0, 0.1) is 0 Å². The molecule has 0 saturated carbocycles. The molecule has 0 aliphatic carbocycles. The maximum Gasteiger partial charge on any atom is 0.328 e. The van der Waals surface area contributed by atoms with E-state index >= 15 is 0 Å². The number of carbonyl (C=O) groups is 2. The molecule has 1 aliphatic heterocycles. The summed E-state index contributed by atoms with van der Waals surface area (Å²) in [5.74, 6) is -0.279. The number of carboxylic acid groups (broad SMARTS) is 2. The molecule has 23 heavy (non-hydrogen) atoms. The van der Waals surface area contributed by atoms with Crippen LogP contribution in [0.3, 0.4) is 0 Å². The van der Waals surface area contributed by atoms with Crippen LogP contribution in [-0.4, -0.2) is 49.5 Å². The van der Waals surface area contributed by atoms with Gasteiger partial charge in [-0.1, -0.05) is 6.07 Å². The first-order valence-electron chi connectivity index (χ1n) is 7.04. The number of methoxy groups -OCH3 is 2. The lowest BCUT2D eigenvalue weighted by Crippen LogP contribution is -2.08. The molecular formula is C16H21NO6. The van der Waals surface area contributed by atoms with E-state index in [9.17, 15) is 9.59 Å². The van der Waals surface area contributed by atoms with Gasteiger partial charge in [-0.3, -0.25) is 0 Å². The summed E-state index contributed by atoms with van der Waals surface area (Å²) < 4.78 is 10.5. The summed E-state index contributed by atoms with van der Waals surface area (Å²) in [4.78, 5) is 19.1. The van der Waals surface area contributed by atoms with Crippen molar-refractivity contribution in [1.29, 1.82) is 0 Å². The van der Waals surface area contributed by atoms with Crippen molar-refractivity contribution < 1.29 is 29.3 Å². The molecule has 1 aromatic carbocycles. The van der Waals surface area contributed by atoms with Crippen molar-refractivity contribution in [2.45, 2.75) is 12.3 Å². The molecular weight excluding hydrogens is 302 g/mol. The summed E-state index contributed by atoms with van der Waals surface area (Å²) in [7, 11) is 3.34. The minimum absolute atomic E-state index is 0.558. The molecule has 1 aromatic rings. The smallest absolute Gasteiger partial charge is 0.328 e. The van der Waals surface area contributed by atoms with Crippen molar-refractivity contribution in [3.8, 4) is 11.5 Å². The maximum atomic E-state index is 9.55. The first kappa shape index (κ1) is 18.5. The largest absolute Gasteiger partial charge is 0.493 e. The van der Waals surface area contributed by atoms with Crippen LogP contribution < -0.4 is 14.8 Å². The number of ether oxygens (including phenoxy) is 2. The molecule has 1 atom stereocenters. The van der Waals surface area contributed by atoms with Gasteiger partial charge in [0.25, 0.3) is 0 Å². The van der Waals surface area contributed by atoms with Gasteiger partial charge < -0.3 is 25.0 Å². The standard InChI is InChI=1S/C12H17NO2.C4H4O4/c1-14-11-4-3-9(7-12(11)15-2)10-5-6-13-8-10;5-3(6)1-2-4(7)8/h3-4,7,10,13H,5-6,8H2,1-2H3;1-2H,(H,5,6)(H,7,8)/b;2-1-. The van der Waals surface area contributed by atoms with Gasteiger partial charge in [-0.15, -0.1) is 0 Å². The van der Waals surface area contributed by atoms with Crippen molar-refractivity contribution in [3.63, 3.8) is 0 Å². The number of carboxylic acids is 2. The highest BCUT2D eigenvalue weighted by Gasteiger charge is 2.17. The van der Waals surface area contributed by atoms with E-state index in [1.165, 1.54) is 12.0 Å². The number of rotatable bonds is 5. The quantitative estimate of drug-likeness (QED) is 0.705. The number of benzene rings is 1. The van der Waals surface area contributed by atoms with E-state index in [0.29, 0.717) is 18.1 Å². The van der Waals surface area contributed by atoms with Crippen LogP contribution in [0.4, 0.5) is 0 Å². The highest BCUT2D eigenvalue weighted by molar-refractivity contribution is 5.89. The SMILES string of the molecule is COc1ccc(C2CCNC2)cc1OC.O=C(O)/C=C\C(=O)O. The third-order valence-corrected chi connectivity index (χ3v) is 3.31. The van der Waals surface area contributed by atoms with Crippen LogP contribution in [0.5, 0.6) is 11.5 Å². The molecule has 126 valence electrons. The summed E-state index contributed by atoms with van der Waals surface area (Å²) in [6, 6.07) is 6.18. The van der Waals surface area contributed by atoms with Crippen molar-refractivity contribution in [2.24, 2.45) is 0 Å². The Hall–Kier alpha value is -2.54. The molecule has 7 nitrogen and oxygen atoms in total. The average Bonchev–Trinajstić information content (AvgIpc) is 3.07. The summed E-state index contributed by atoms with van der Waals surface area (Å²) in [6.07, 6.45) is 2.32. The summed E-state index contributed by atoms with van der Waals surface area (Å²) in [5.41, 5.74) is 1.33. The molecule has 0 radical (unpaired) electrons. The lowest BCUT2D eigenvalue weighted by molar-refractivity contribution is -0.134. The van der Waals surface area contributed by atoms with Crippen molar-refractivity contribution in [1.82, 2.24) is 5.32 Å². The van der Waals surface area contributed by atoms with Crippen LogP contribution >= 0.6 is 0 Å². The molecule has 0 spiro atoms. The fraction of sp³-hybridized carbons (Fsp3) is 0.375. The zero-order valence-electron chi connectivity index (χ0n) is 13.1. The van der Waals surface area contributed by atoms with Gasteiger partial charge in [-0.05, 0) is 36.6 Å². The van der Waals surface area contributed by atoms with Gasteiger partial charge in [-0.25, -0.2) is 9.59 Å². The van der Waals surface area contributed by atoms with Crippen molar-refractivity contribution in [3.05, 3.63) is 35.9 Å². The number of hydrogen-bond acceptors (Lipinski definition) is 5. The summed E-state index contributed by atoms with van der Waals surface area (Å²) in [6.45, 7) is 2.18. The number of nitrogens with one attached hydrogen (secondary N) is 1. The Labute approximate surface area is 134 Å². The topological polar surface area (TPSA) is 105 Å². The first-order chi connectivity index (χ1) is 11.0. The first-order valence-corrected chi connectivity index (χ1v) is 7.04. The highest BCUT2D eigenvalue weighted by atomic mass is 16.5. The third-order valence-electron chi connectivity index (χ3n) is 3.31. The van der Waals surface area contributed by atoms with Crippen LogP contribution in [0.2, 0.25) is 0 Å². The van der Waals surface area contributed by atoms with Gasteiger partial charge in [0, 0.05) is 18.7 Å². The molecule has 1 aliphatic rings. The molecule has 2 rings (SSSR count). The second kappa shape index (κ2) is 9.47. The van der Waals surface area contributed by atoms with Crippen LogP contribution in [0.1, 0.15) is 17.9 Å². The number of aliphatic carboxylic acids is 2. The average molecular weight is 323 g/mol. The zero-order valence-corrected chi connectivity index (χ0v) is 13.1. The van der Waals surface area contributed by atoms with E-state index in [1.807, 2.05) is 6.07 Å². The molecule has 1 saturated heterocycles. The van der Waals surface area contributed by atoms with E-state index in [2.05, 4.69) is 17.4 Å². The van der Waals surface area contributed by atoms with Gasteiger partial charge in [0.05, 0.1) is 14.2 Å². The lowest BCUT2D eigenvalue weighted by atomic mass is 9.98. The monoisotopic (exact) mass is 323 g/mol. The van der Waals surface area contributed by atoms with Gasteiger partial charge >= 0.3 is 11.9 Å². The third kappa shape index (κ3) is 6.39. The van der Waals surface area contributed by atoms with Crippen molar-refractivity contribution in [2.75, 3.05) is 27.3 Å². The molecule has 1 heterocycles. The van der Waals surface area contributed by atoms with Crippen LogP contribution in [0.25, 0.3) is 0 Å². The molecule has 1 fully saturated rings. The molecule has 0 aromatic heterocycles. The van der Waals surface area contributed by atoms with E-state index in [4.69, 9.17) is 19.7 Å². The Kier molecular flexibility index (Phi) is 7.62.